The number of aromatic nitrogens is 2. The summed E-state index contributed by atoms with van der Waals surface area (Å²) in [6.45, 7) is 1.91. The molecule has 0 atom stereocenters. The van der Waals surface area contributed by atoms with Gasteiger partial charge < -0.3 is 10.1 Å². The molecule has 0 saturated heterocycles. The van der Waals surface area contributed by atoms with E-state index in [1.807, 2.05) is 19.1 Å². The molecule has 3 aromatic carbocycles. The summed E-state index contributed by atoms with van der Waals surface area (Å²) in [6, 6.07) is 16.4. The third-order valence-electron chi connectivity index (χ3n) is 4.87. The molecule has 0 fully saturated rings. The van der Waals surface area contributed by atoms with Gasteiger partial charge in [-0.05, 0) is 55.0 Å². The van der Waals surface area contributed by atoms with Gasteiger partial charge in [0.25, 0.3) is 5.56 Å². The minimum absolute atomic E-state index is 0.0171. The Morgan fingerprint density at radius 1 is 1.18 bits per heavy atom. The molecule has 0 spiro atoms. The number of para-hydroxylation sites is 1. The number of anilines is 1. The highest BCUT2D eigenvalue weighted by Crippen LogP contribution is 2.27. The van der Waals surface area contributed by atoms with Crippen molar-refractivity contribution in [3.8, 4) is 11.4 Å². The smallest absolute Gasteiger partial charge is 0.266 e. The second kappa shape index (κ2) is 9.64. The zero-order valence-electron chi connectivity index (χ0n) is 17.8. The van der Waals surface area contributed by atoms with Crippen molar-refractivity contribution in [3.05, 3.63) is 87.4 Å². The number of thioether (sulfide) groups is 1. The average Bonchev–Trinajstić information content (AvgIpc) is 2.80. The van der Waals surface area contributed by atoms with Crippen molar-refractivity contribution in [3.63, 3.8) is 0 Å². The highest BCUT2D eigenvalue weighted by molar-refractivity contribution is 7.99. The van der Waals surface area contributed by atoms with Gasteiger partial charge in [0.05, 0.1) is 40.2 Å². The predicted octanol–water partition coefficient (Wildman–Crippen LogP) is 5.23. The van der Waals surface area contributed by atoms with E-state index < -0.39 is 5.82 Å². The molecule has 1 amide bonds. The molecular weight excluding hydrogens is 465 g/mol. The van der Waals surface area contributed by atoms with Crippen molar-refractivity contribution in [2.24, 2.45) is 0 Å². The van der Waals surface area contributed by atoms with Crippen molar-refractivity contribution in [1.29, 1.82) is 0 Å². The predicted molar refractivity (Wildman–Crippen MR) is 129 cm³/mol. The molecule has 0 bridgehead atoms. The Balaban J connectivity index is 1.68. The van der Waals surface area contributed by atoms with Crippen LogP contribution < -0.4 is 15.6 Å². The van der Waals surface area contributed by atoms with E-state index in [0.717, 1.165) is 17.3 Å². The number of carbonyl (C=O) groups is 1. The van der Waals surface area contributed by atoms with Crippen LogP contribution in [0.15, 0.2) is 70.6 Å². The number of halogens is 2. The number of methoxy groups -OCH3 is 1. The van der Waals surface area contributed by atoms with Crippen LogP contribution in [0.25, 0.3) is 16.6 Å². The van der Waals surface area contributed by atoms with Gasteiger partial charge in [-0.25, -0.2) is 9.37 Å². The van der Waals surface area contributed by atoms with Gasteiger partial charge in [-0.2, -0.15) is 0 Å². The summed E-state index contributed by atoms with van der Waals surface area (Å²) >= 11 is 7.04. The number of nitrogens with one attached hydrogen (secondary N) is 1. The highest BCUT2D eigenvalue weighted by Gasteiger charge is 2.16. The molecule has 4 aromatic rings. The number of fused-ring (bicyclic) bond motifs is 1. The molecule has 1 aromatic heterocycles. The molecule has 1 heterocycles. The molecular formula is C24H19ClFN3O3S. The SMILES string of the molecule is COc1ccc(C)cc1NC(=O)CSc1nc2ccccc2c(=O)n1-c1ccc(F)c(Cl)c1. The Morgan fingerprint density at radius 3 is 2.73 bits per heavy atom. The Bertz CT molecular complexity index is 1420. The molecule has 33 heavy (non-hydrogen) atoms. The Kier molecular flexibility index (Phi) is 6.67. The standard InChI is InChI=1S/C24H19ClFN3O3S/c1-14-7-10-21(32-2)20(11-14)27-22(30)13-33-24-28-19-6-4-3-5-16(19)23(31)29(24)15-8-9-18(26)17(25)12-15/h3-12H,13H2,1-2H3,(H,27,30). The first-order valence-corrected chi connectivity index (χ1v) is 11.3. The van der Waals surface area contributed by atoms with Crippen LogP contribution in [0, 0.1) is 12.7 Å². The Labute approximate surface area is 198 Å². The van der Waals surface area contributed by atoms with Crippen LogP contribution in [-0.2, 0) is 4.79 Å². The van der Waals surface area contributed by atoms with E-state index in [1.165, 1.54) is 29.9 Å². The first kappa shape index (κ1) is 22.8. The Hall–Kier alpha value is -3.36. The fraction of sp³-hybridized carbons (Fsp3) is 0.125. The van der Waals surface area contributed by atoms with Crippen LogP contribution in [0.2, 0.25) is 5.02 Å². The van der Waals surface area contributed by atoms with Gasteiger partial charge >= 0.3 is 0 Å². The third kappa shape index (κ3) is 4.86. The van der Waals surface area contributed by atoms with Gasteiger partial charge in [0.15, 0.2) is 5.16 Å². The van der Waals surface area contributed by atoms with E-state index in [4.69, 9.17) is 16.3 Å². The van der Waals surface area contributed by atoms with Crippen molar-refractivity contribution >= 4 is 45.9 Å². The zero-order chi connectivity index (χ0) is 23.5. The van der Waals surface area contributed by atoms with Gasteiger partial charge in [-0.1, -0.05) is 41.6 Å². The molecule has 0 saturated carbocycles. The molecule has 0 radical (unpaired) electrons. The number of ether oxygens (including phenoxy) is 1. The quantitative estimate of drug-likeness (QED) is 0.300. The molecule has 0 aliphatic rings. The molecule has 4 rings (SSSR count). The average molecular weight is 484 g/mol. The highest BCUT2D eigenvalue weighted by atomic mass is 35.5. The molecule has 9 heteroatoms. The molecule has 168 valence electrons. The van der Waals surface area contributed by atoms with E-state index in [1.54, 1.807) is 30.3 Å². The van der Waals surface area contributed by atoms with Gasteiger partial charge in [0.1, 0.15) is 11.6 Å². The van der Waals surface area contributed by atoms with Gasteiger partial charge in [-0.15, -0.1) is 0 Å². The van der Waals surface area contributed by atoms with Gasteiger partial charge in [-0.3, -0.25) is 14.2 Å². The van der Waals surface area contributed by atoms with Gasteiger partial charge in [0, 0.05) is 0 Å². The van der Waals surface area contributed by atoms with Crippen molar-refractivity contribution in [2.45, 2.75) is 12.1 Å². The summed E-state index contributed by atoms with van der Waals surface area (Å²) in [5.41, 5.74) is 2.03. The number of nitrogens with zero attached hydrogens (tertiary/aromatic N) is 2. The van der Waals surface area contributed by atoms with Crippen molar-refractivity contribution in [1.82, 2.24) is 9.55 Å². The number of amides is 1. The molecule has 0 aliphatic carbocycles. The van der Waals surface area contributed by atoms with Crippen LogP contribution in [0.1, 0.15) is 5.56 Å². The molecule has 1 N–H and O–H groups in total. The van der Waals surface area contributed by atoms with E-state index in [-0.39, 0.29) is 27.4 Å². The lowest BCUT2D eigenvalue weighted by Gasteiger charge is -2.14. The normalized spacial score (nSPS) is 10.9. The van der Waals surface area contributed by atoms with Crippen molar-refractivity contribution < 1.29 is 13.9 Å². The molecule has 0 aliphatic heterocycles. The minimum atomic E-state index is -0.595. The topological polar surface area (TPSA) is 73.2 Å². The fourth-order valence-corrected chi connectivity index (χ4v) is 4.28. The maximum atomic E-state index is 13.7. The van der Waals surface area contributed by atoms with Crippen LogP contribution in [0.4, 0.5) is 10.1 Å². The van der Waals surface area contributed by atoms with E-state index in [9.17, 15) is 14.0 Å². The van der Waals surface area contributed by atoms with Crippen molar-refractivity contribution in [2.75, 3.05) is 18.2 Å². The number of aryl methyl sites for hydroxylation is 1. The van der Waals surface area contributed by atoms with Crippen LogP contribution in [-0.4, -0.2) is 28.3 Å². The monoisotopic (exact) mass is 483 g/mol. The lowest BCUT2D eigenvalue weighted by molar-refractivity contribution is -0.113. The van der Waals surface area contributed by atoms with Crippen LogP contribution in [0.3, 0.4) is 0 Å². The van der Waals surface area contributed by atoms with E-state index in [0.29, 0.717) is 28.0 Å². The summed E-state index contributed by atoms with van der Waals surface area (Å²) in [7, 11) is 1.53. The summed E-state index contributed by atoms with van der Waals surface area (Å²) in [6.07, 6.45) is 0. The van der Waals surface area contributed by atoms with Gasteiger partial charge in [0.2, 0.25) is 5.91 Å². The number of carbonyl (C=O) groups excluding carboxylic acids is 1. The lowest BCUT2D eigenvalue weighted by Crippen LogP contribution is -2.23. The van der Waals surface area contributed by atoms with E-state index in [2.05, 4.69) is 10.3 Å². The second-order valence-corrected chi connectivity index (χ2v) is 8.54. The minimum Gasteiger partial charge on any atom is -0.495 e. The number of hydrogen-bond acceptors (Lipinski definition) is 5. The maximum absolute atomic E-state index is 13.7. The van der Waals surface area contributed by atoms with Crippen LogP contribution in [0.5, 0.6) is 5.75 Å². The Morgan fingerprint density at radius 2 is 1.97 bits per heavy atom. The third-order valence-corrected chi connectivity index (χ3v) is 6.10. The summed E-state index contributed by atoms with van der Waals surface area (Å²) in [5.74, 6) is -0.366. The number of hydrogen-bond donors (Lipinski definition) is 1. The van der Waals surface area contributed by atoms with E-state index >= 15 is 0 Å². The maximum Gasteiger partial charge on any atom is 0.266 e. The number of rotatable bonds is 6. The summed E-state index contributed by atoms with van der Waals surface area (Å²) in [4.78, 5) is 30.5. The summed E-state index contributed by atoms with van der Waals surface area (Å²) in [5, 5.41) is 3.40. The number of benzene rings is 3. The van der Waals surface area contributed by atoms with Crippen LogP contribution >= 0.6 is 23.4 Å². The second-order valence-electron chi connectivity index (χ2n) is 7.19. The molecule has 6 nitrogen and oxygen atoms in total. The first-order chi connectivity index (χ1) is 15.9. The first-order valence-electron chi connectivity index (χ1n) is 9.92. The summed E-state index contributed by atoms with van der Waals surface area (Å²) < 4.78 is 20.4. The zero-order valence-corrected chi connectivity index (χ0v) is 19.3. The largest absolute Gasteiger partial charge is 0.495 e. The molecule has 0 unspecified atom stereocenters. The fourth-order valence-electron chi connectivity index (χ4n) is 3.30. The lowest BCUT2D eigenvalue weighted by atomic mass is 10.2.